The van der Waals surface area contributed by atoms with E-state index in [1.807, 2.05) is 18.2 Å². The van der Waals surface area contributed by atoms with Crippen LogP contribution in [0, 0.1) is 0 Å². The fourth-order valence-corrected chi connectivity index (χ4v) is 3.01. The fourth-order valence-electron chi connectivity index (χ4n) is 2.34. The molecule has 1 saturated heterocycles. The zero-order chi connectivity index (χ0) is 16.9. The van der Waals surface area contributed by atoms with Gasteiger partial charge in [0.25, 0.3) is 11.8 Å². The number of ether oxygens (including phenoxy) is 2. The summed E-state index contributed by atoms with van der Waals surface area (Å²) in [6.07, 6.45) is 1.67. The van der Waals surface area contributed by atoms with Gasteiger partial charge in [0.1, 0.15) is 5.75 Å². The second kappa shape index (κ2) is 7.50. The second-order valence-electron chi connectivity index (χ2n) is 5.19. The van der Waals surface area contributed by atoms with Gasteiger partial charge in [-0.05, 0) is 23.9 Å². The highest BCUT2D eigenvalue weighted by Gasteiger charge is 2.21. The van der Waals surface area contributed by atoms with E-state index >= 15 is 0 Å². The molecule has 1 aromatic rings. The van der Waals surface area contributed by atoms with Crippen molar-refractivity contribution in [2.75, 3.05) is 32.9 Å². The molecule has 0 unspecified atom stereocenters. The number of thioether (sulfide) groups is 1. The van der Waals surface area contributed by atoms with Gasteiger partial charge in [-0.25, -0.2) is 0 Å². The van der Waals surface area contributed by atoms with E-state index in [-0.39, 0.29) is 23.6 Å². The molecule has 2 aliphatic heterocycles. The van der Waals surface area contributed by atoms with Crippen molar-refractivity contribution in [3.8, 4) is 5.75 Å². The lowest BCUT2D eigenvalue weighted by atomic mass is 10.2. The van der Waals surface area contributed by atoms with Crippen molar-refractivity contribution in [1.29, 1.82) is 0 Å². The topological polar surface area (TPSA) is 94.2 Å². The molecule has 3 rings (SSSR count). The molecule has 0 aromatic heterocycles. The molecular formula is C16H17N3O4S. The molecule has 1 aromatic carbocycles. The summed E-state index contributed by atoms with van der Waals surface area (Å²) in [5.74, 6) is 0.0850. The highest BCUT2D eigenvalue weighted by atomic mass is 32.2. The molecule has 2 amide bonds. The van der Waals surface area contributed by atoms with Gasteiger partial charge in [0, 0.05) is 18.7 Å². The number of para-hydroxylation sites is 1. The quantitative estimate of drug-likeness (QED) is 0.812. The van der Waals surface area contributed by atoms with Crippen LogP contribution in [0.25, 0.3) is 6.08 Å². The molecule has 0 radical (unpaired) electrons. The van der Waals surface area contributed by atoms with Gasteiger partial charge < -0.3 is 20.1 Å². The minimum Gasteiger partial charge on any atom is -0.483 e. The number of hydrogen-bond acceptors (Lipinski definition) is 6. The number of carbonyl (C=O) groups excluding carboxylic acids is 2. The van der Waals surface area contributed by atoms with Crippen molar-refractivity contribution in [2.24, 2.45) is 10.7 Å². The average Bonchev–Trinajstić information content (AvgIpc) is 2.92. The average molecular weight is 347 g/mol. The zero-order valence-corrected chi connectivity index (χ0v) is 13.8. The van der Waals surface area contributed by atoms with Crippen LogP contribution in [0.4, 0.5) is 0 Å². The first-order valence-electron chi connectivity index (χ1n) is 7.49. The number of nitrogens with two attached hydrogens (primary N) is 1. The van der Waals surface area contributed by atoms with Crippen LogP contribution in [-0.2, 0) is 14.3 Å². The maximum Gasteiger partial charge on any atom is 0.286 e. The third-order valence-electron chi connectivity index (χ3n) is 3.56. The van der Waals surface area contributed by atoms with E-state index in [0.717, 1.165) is 11.8 Å². The van der Waals surface area contributed by atoms with Crippen LogP contribution in [0.2, 0.25) is 0 Å². The highest BCUT2D eigenvalue weighted by Crippen LogP contribution is 2.29. The zero-order valence-electron chi connectivity index (χ0n) is 12.9. The molecular weight excluding hydrogens is 330 g/mol. The van der Waals surface area contributed by atoms with E-state index in [0.29, 0.717) is 42.5 Å². The number of nitrogens with zero attached hydrogens (tertiary/aromatic N) is 2. The molecule has 2 N–H and O–H groups in total. The van der Waals surface area contributed by atoms with Crippen molar-refractivity contribution < 1.29 is 19.1 Å². The minimum atomic E-state index is -0.364. The maximum absolute atomic E-state index is 12.2. The van der Waals surface area contributed by atoms with Gasteiger partial charge in [0.15, 0.2) is 11.8 Å². The van der Waals surface area contributed by atoms with Crippen molar-refractivity contribution in [3.63, 3.8) is 0 Å². The van der Waals surface area contributed by atoms with Gasteiger partial charge in [-0.2, -0.15) is 4.99 Å². The Balaban J connectivity index is 1.67. The number of rotatable bonds is 4. The van der Waals surface area contributed by atoms with E-state index in [4.69, 9.17) is 15.2 Å². The van der Waals surface area contributed by atoms with E-state index in [1.54, 1.807) is 17.0 Å². The first kappa shape index (κ1) is 16.5. The third kappa shape index (κ3) is 3.95. The Morgan fingerprint density at radius 2 is 2.12 bits per heavy atom. The van der Waals surface area contributed by atoms with Crippen LogP contribution in [0.15, 0.2) is 34.2 Å². The Morgan fingerprint density at radius 1 is 1.38 bits per heavy atom. The van der Waals surface area contributed by atoms with E-state index in [9.17, 15) is 9.59 Å². The number of morpholine rings is 1. The molecule has 2 aliphatic rings. The Bertz CT molecular complexity index is 711. The summed E-state index contributed by atoms with van der Waals surface area (Å²) >= 11 is 1.12. The third-order valence-corrected chi connectivity index (χ3v) is 4.37. The van der Waals surface area contributed by atoms with Crippen LogP contribution in [-0.4, -0.2) is 54.8 Å². The first-order chi connectivity index (χ1) is 11.6. The predicted octanol–water partition coefficient (Wildman–Crippen LogP) is 0.853. The summed E-state index contributed by atoms with van der Waals surface area (Å²) in [5, 5.41) is 0.229. The van der Waals surface area contributed by atoms with Crippen LogP contribution in [0.5, 0.6) is 5.75 Å². The molecule has 0 spiro atoms. The van der Waals surface area contributed by atoms with Crippen LogP contribution >= 0.6 is 11.8 Å². The molecule has 2 heterocycles. The standard InChI is InChI=1S/C16H17N3O4S/c17-16-18-15(21)13(24-16)9-11-3-1-2-4-12(11)23-10-14(20)19-5-7-22-8-6-19/h1-4,9H,5-8,10H2,(H2,17,18,21)/b13-9-. The van der Waals surface area contributed by atoms with Crippen molar-refractivity contribution in [2.45, 2.75) is 0 Å². The Labute approximate surface area is 143 Å². The van der Waals surface area contributed by atoms with Gasteiger partial charge in [-0.3, -0.25) is 9.59 Å². The van der Waals surface area contributed by atoms with E-state index < -0.39 is 0 Å². The number of amides is 2. The van der Waals surface area contributed by atoms with Crippen LogP contribution in [0.3, 0.4) is 0 Å². The first-order valence-corrected chi connectivity index (χ1v) is 8.30. The molecule has 126 valence electrons. The second-order valence-corrected chi connectivity index (χ2v) is 6.25. The summed E-state index contributed by atoms with van der Waals surface area (Å²) < 4.78 is 10.9. The summed E-state index contributed by atoms with van der Waals surface area (Å²) in [7, 11) is 0. The van der Waals surface area contributed by atoms with E-state index in [2.05, 4.69) is 4.99 Å². The van der Waals surface area contributed by atoms with Crippen molar-refractivity contribution in [3.05, 3.63) is 34.7 Å². The molecule has 1 fully saturated rings. The summed E-state index contributed by atoms with van der Waals surface area (Å²) in [6, 6.07) is 7.21. The summed E-state index contributed by atoms with van der Waals surface area (Å²) in [6.45, 7) is 2.20. The van der Waals surface area contributed by atoms with Crippen LogP contribution < -0.4 is 10.5 Å². The lowest BCUT2D eigenvalue weighted by molar-refractivity contribution is -0.137. The van der Waals surface area contributed by atoms with Crippen molar-refractivity contribution >= 4 is 34.8 Å². The Hall–Kier alpha value is -2.32. The van der Waals surface area contributed by atoms with Crippen LogP contribution in [0.1, 0.15) is 5.56 Å². The fraction of sp³-hybridized carbons (Fsp3) is 0.312. The smallest absolute Gasteiger partial charge is 0.286 e. The molecule has 7 nitrogen and oxygen atoms in total. The molecule has 0 bridgehead atoms. The maximum atomic E-state index is 12.2. The van der Waals surface area contributed by atoms with Crippen molar-refractivity contribution in [1.82, 2.24) is 4.90 Å². The normalized spacial score (nSPS) is 19.5. The van der Waals surface area contributed by atoms with Gasteiger partial charge in [-0.15, -0.1) is 0 Å². The molecule has 24 heavy (non-hydrogen) atoms. The Kier molecular flexibility index (Phi) is 5.17. The summed E-state index contributed by atoms with van der Waals surface area (Å²) in [5.41, 5.74) is 6.25. The lowest BCUT2D eigenvalue weighted by Crippen LogP contribution is -2.43. The SMILES string of the molecule is NC1=NC(=O)/C(=C/c2ccccc2OCC(=O)N2CCOCC2)S1. The van der Waals surface area contributed by atoms with Gasteiger partial charge in [0.2, 0.25) is 0 Å². The number of benzene rings is 1. The monoisotopic (exact) mass is 347 g/mol. The number of hydrogen-bond donors (Lipinski definition) is 1. The minimum absolute atomic E-state index is 0.0556. The van der Waals surface area contributed by atoms with Gasteiger partial charge >= 0.3 is 0 Å². The summed E-state index contributed by atoms with van der Waals surface area (Å²) in [4.78, 5) is 29.7. The lowest BCUT2D eigenvalue weighted by Gasteiger charge is -2.26. The number of aliphatic imine (C=N–C) groups is 1. The van der Waals surface area contributed by atoms with Gasteiger partial charge in [-0.1, -0.05) is 18.2 Å². The largest absolute Gasteiger partial charge is 0.483 e. The Morgan fingerprint density at radius 3 is 2.83 bits per heavy atom. The van der Waals surface area contributed by atoms with Gasteiger partial charge in [0.05, 0.1) is 18.1 Å². The molecule has 0 aliphatic carbocycles. The molecule has 0 saturated carbocycles. The number of carbonyl (C=O) groups is 2. The van der Waals surface area contributed by atoms with E-state index in [1.165, 1.54) is 0 Å². The number of amidine groups is 1. The molecule has 8 heteroatoms. The highest BCUT2D eigenvalue weighted by molar-refractivity contribution is 8.18. The molecule has 0 atom stereocenters. The predicted molar refractivity (Wildman–Crippen MR) is 91.5 cm³/mol.